The van der Waals surface area contributed by atoms with Crippen molar-refractivity contribution in [3.63, 3.8) is 0 Å². The molecule has 3 heterocycles. The summed E-state index contributed by atoms with van der Waals surface area (Å²) in [6.07, 6.45) is 1.12. The average molecular weight is 251 g/mol. The molecule has 1 atom stereocenters. The van der Waals surface area contributed by atoms with Gasteiger partial charge >= 0.3 is 0 Å². The second-order valence-corrected chi connectivity index (χ2v) is 5.84. The van der Waals surface area contributed by atoms with Gasteiger partial charge in [-0.2, -0.15) is 0 Å². The Morgan fingerprint density at radius 1 is 1.44 bits per heavy atom. The van der Waals surface area contributed by atoms with Gasteiger partial charge in [-0.05, 0) is 30.4 Å². The Hall–Kier alpha value is -0.710. The maximum Gasteiger partial charge on any atom is 0.133 e. The van der Waals surface area contributed by atoms with Gasteiger partial charge in [0.2, 0.25) is 0 Å². The molecule has 0 saturated carbocycles. The molecule has 2 nitrogen and oxygen atoms in total. The molecule has 1 aliphatic rings. The van der Waals surface area contributed by atoms with E-state index < -0.39 is 0 Å². The fourth-order valence-corrected chi connectivity index (χ4v) is 3.94. The largest absolute Gasteiger partial charge is 0.381 e. The van der Waals surface area contributed by atoms with Crippen molar-refractivity contribution in [3.8, 4) is 9.88 Å². The van der Waals surface area contributed by atoms with Crippen LogP contribution in [0.25, 0.3) is 9.88 Å². The lowest BCUT2D eigenvalue weighted by atomic mass is 10.1. The molecule has 0 aromatic carbocycles. The van der Waals surface area contributed by atoms with Crippen LogP contribution in [-0.2, 0) is 4.74 Å². The zero-order chi connectivity index (χ0) is 11.0. The predicted octanol–water partition coefficient (Wildman–Crippen LogP) is 3.68. The Labute approximate surface area is 103 Å². The van der Waals surface area contributed by atoms with Crippen LogP contribution in [0.1, 0.15) is 23.6 Å². The van der Waals surface area contributed by atoms with Gasteiger partial charge in [-0.15, -0.1) is 22.7 Å². The first-order valence-electron chi connectivity index (χ1n) is 5.42. The van der Waals surface area contributed by atoms with Gasteiger partial charge in [-0.25, -0.2) is 4.98 Å². The monoisotopic (exact) mass is 251 g/mol. The van der Waals surface area contributed by atoms with E-state index in [2.05, 4.69) is 23.8 Å². The van der Waals surface area contributed by atoms with Crippen LogP contribution >= 0.6 is 22.7 Å². The van der Waals surface area contributed by atoms with Crippen molar-refractivity contribution in [3.05, 3.63) is 28.1 Å². The summed E-state index contributed by atoms with van der Waals surface area (Å²) in [4.78, 5) is 6.06. The Kier molecular flexibility index (Phi) is 2.79. The van der Waals surface area contributed by atoms with Crippen molar-refractivity contribution in [2.75, 3.05) is 13.2 Å². The highest BCUT2D eigenvalue weighted by atomic mass is 32.1. The van der Waals surface area contributed by atoms with Gasteiger partial charge in [0.05, 0.1) is 17.2 Å². The van der Waals surface area contributed by atoms with Gasteiger partial charge in [-0.3, -0.25) is 0 Å². The fraction of sp³-hybridized carbons (Fsp3) is 0.417. The smallest absolute Gasteiger partial charge is 0.133 e. The number of hydrogen-bond acceptors (Lipinski definition) is 4. The minimum absolute atomic E-state index is 0.519. The van der Waals surface area contributed by atoms with E-state index in [0.717, 1.165) is 24.6 Å². The Balaban J connectivity index is 1.90. The molecule has 2 aromatic rings. The lowest BCUT2D eigenvalue weighted by molar-refractivity contribution is 0.193. The van der Waals surface area contributed by atoms with Crippen LogP contribution in [0.15, 0.2) is 16.8 Å². The summed E-state index contributed by atoms with van der Waals surface area (Å²) >= 11 is 3.53. The summed E-state index contributed by atoms with van der Waals surface area (Å²) in [6.45, 7) is 3.87. The van der Waals surface area contributed by atoms with E-state index in [4.69, 9.17) is 9.72 Å². The van der Waals surface area contributed by atoms with Gasteiger partial charge in [0.1, 0.15) is 5.01 Å². The number of aryl methyl sites for hydroxylation is 1. The number of aromatic nitrogens is 1. The van der Waals surface area contributed by atoms with Gasteiger partial charge in [0.25, 0.3) is 0 Å². The molecule has 0 radical (unpaired) electrons. The first kappa shape index (κ1) is 10.4. The van der Waals surface area contributed by atoms with Gasteiger partial charge in [0.15, 0.2) is 0 Å². The van der Waals surface area contributed by atoms with Crippen LogP contribution in [0.4, 0.5) is 0 Å². The average Bonchev–Trinajstić information content (AvgIpc) is 2.96. The minimum Gasteiger partial charge on any atom is -0.381 e. The molecular weight excluding hydrogens is 238 g/mol. The lowest BCUT2D eigenvalue weighted by Gasteiger charge is -2.01. The zero-order valence-electron chi connectivity index (χ0n) is 9.10. The molecule has 0 amide bonds. The van der Waals surface area contributed by atoms with E-state index in [-0.39, 0.29) is 0 Å². The SMILES string of the molecule is Cc1ccsc1-c1nc([C@H]2CCOC2)cs1. The van der Waals surface area contributed by atoms with E-state index >= 15 is 0 Å². The molecule has 0 spiro atoms. The van der Waals surface area contributed by atoms with E-state index in [9.17, 15) is 0 Å². The molecule has 1 saturated heterocycles. The quantitative estimate of drug-likeness (QED) is 0.812. The Bertz CT molecular complexity index is 483. The van der Waals surface area contributed by atoms with Crippen LogP contribution in [0, 0.1) is 6.92 Å². The summed E-state index contributed by atoms with van der Waals surface area (Å²) in [5.41, 5.74) is 2.54. The maximum absolute atomic E-state index is 5.40. The normalized spacial score (nSPS) is 20.4. The molecule has 3 rings (SSSR count). The van der Waals surface area contributed by atoms with Crippen molar-refractivity contribution in [1.82, 2.24) is 4.98 Å². The van der Waals surface area contributed by atoms with Crippen LogP contribution in [0.2, 0.25) is 0 Å². The molecule has 0 bridgehead atoms. The first-order chi connectivity index (χ1) is 7.84. The molecular formula is C12H13NOS2. The third kappa shape index (κ3) is 1.81. The van der Waals surface area contributed by atoms with Crippen LogP contribution in [0.5, 0.6) is 0 Å². The third-order valence-electron chi connectivity index (χ3n) is 2.93. The summed E-state index contributed by atoms with van der Waals surface area (Å²) in [7, 11) is 0. The number of hydrogen-bond donors (Lipinski definition) is 0. The molecule has 4 heteroatoms. The first-order valence-corrected chi connectivity index (χ1v) is 7.18. The fourth-order valence-electron chi connectivity index (χ4n) is 1.94. The number of thiophene rings is 1. The number of ether oxygens (including phenoxy) is 1. The predicted molar refractivity (Wildman–Crippen MR) is 68.3 cm³/mol. The second-order valence-electron chi connectivity index (χ2n) is 4.07. The summed E-state index contributed by atoms with van der Waals surface area (Å²) in [6, 6.07) is 2.15. The molecule has 0 unspecified atom stereocenters. The lowest BCUT2D eigenvalue weighted by Crippen LogP contribution is -1.97. The van der Waals surface area contributed by atoms with Crippen molar-refractivity contribution < 1.29 is 4.74 Å². The second kappa shape index (κ2) is 4.28. The highest BCUT2D eigenvalue weighted by Crippen LogP contribution is 2.34. The third-order valence-corrected chi connectivity index (χ3v) is 4.96. The molecule has 1 aliphatic heterocycles. The summed E-state index contributed by atoms with van der Waals surface area (Å²) in [5.74, 6) is 0.519. The highest BCUT2D eigenvalue weighted by Gasteiger charge is 2.21. The van der Waals surface area contributed by atoms with Crippen LogP contribution in [-0.4, -0.2) is 18.2 Å². The van der Waals surface area contributed by atoms with E-state index in [1.807, 2.05) is 0 Å². The molecule has 84 valence electrons. The Morgan fingerprint density at radius 3 is 3.06 bits per heavy atom. The van der Waals surface area contributed by atoms with Crippen LogP contribution < -0.4 is 0 Å². The van der Waals surface area contributed by atoms with Crippen LogP contribution in [0.3, 0.4) is 0 Å². The van der Waals surface area contributed by atoms with Gasteiger partial charge in [0, 0.05) is 17.9 Å². The van der Waals surface area contributed by atoms with Crippen molar-refractivity contribution >= 4 is 22.7 Å². The standard InChI is InChI=1S/C12H13NOS2/c1-8-3-5-15-11(8)12-13-10(7-16-12)9-2-4-14-6-9/h3,5,7,9H,2,4,6H2,1H3/t9-/m0/s1. The molecule has 1 fully saturated rings. The van der Waals surface area contributed by atoms with E-state index in [1.165, 1.54) is 16.1 Å². The topological polar surface area (TPSA) is 22.1 Å². The van der Waals surface area contributed by atoms with Crippen molar-refractivity contribution in [1.29, 1.82) is 0 Å². The van der Waals surface area contributed by atoms with Crippen molar-refractivity contribution in [2.24, 2.45) is 0 Å². The highest BCUT2D eigenvalue weighted by molar-refractivity contribution is 7.20. The van der Waals surface area contributed by atoms with Crippen molar-refractivity contribution in [2.45, 2.75) is 19.3 Å². The summed E-state index contributed by atoms with van der Waals surface area (Å²) < 4.78 is 5.40. The van der Waals surface area contributed by atoms with Gasteiger partial charge in [-0.1, -0.05) is 0 Å². The zero-order valence-corrected chi connectivity index (χ0v) is 10.7. The number of rotatable bonds is 2. The molecule has 16 heavy (non-hydrogen) atoms. The van der Waals surface area contributed by atoms with Gasteiger partial charge < -0.3 is 4.74 Å². The molecule has 0 N–H and O–H groups in total. The maximum atomic E-state index is 5.40. The number of nitrogens with zero attached hydrogens (tertiary/aromatic N) is 1. The van der Waals surface area contributed by atoms with E-state index in [0.29, 0.717) is 5.92 Å². The molecule has 0 aliphatic carbocycles. The minimum atomic E-state index is 0.519. The Morgan fingerprint density at radius 2 is 2.38 bits per heavy atom. The number of thiazole rings is 1. The van der Waals surface area contributed by atoms with E-state index in [1.54, 1.807) is 22.7 Å². The summed E-state index contributed by atoms with van der Waals surface area (Å²) in [5, 5.41) is 5.48. The molecule has 2 aromatic heterocycles.